The van der Waals surface area contributed by atoms with E-state index in [0.717, 1.165) is 0 Å². The first kappa shape index (κ1) is 33.0. The number of nitrogens with one attached hydrogen (secondary N) is 3. The zero-order chi connectivity index (χ0) is 27.8. The van der Waals surface area contributed by atoms with E-state index in [1.54, 1.807) is 0 Å². The molecule has 0 bridgehead atoms. The molecule has 0 spiro atoms. The number of carbonyl (C=O) groups is 4. The predicted octanol–water partition coefficient (Wildman–Crippen LogP) is -2.54. The molecule has 36 heavy (non-hydrogen) atoms. The molecule has 0 aromatic heterocycles. The average molecular weight is 517 g/mol. The molecule has 14 nitrogen and oxygen atoms in total. The van der Waals surface area contributed by atoms with E-state index in [4.69, 9.17) is 22.9 Å². The predicted molar refractivity (Wildman–Crippen MR) is 135 cm³/mol. The fourth-order valence-electron chi connectivity index (χ4n) is 3.31. The van der Waals surface area contributed by atoms with Crippen LogP contribution in [0.15, 0.2) is 4.99 Å². The Morgan fingerprint density at radius 2 is 1.44 bits per heavy atom. The Balaban J connectivity index is 5.41. The molecule has 5 atom stereocenters. The number of unbranched alkanes of at least 4 members (excludes halogenated alkanes) is 1. The van der Waals surface area contributed by atoms with Gasteiger partial charge in [0.2, 0.25) is 17.7 Å². The summed E-state index contributed by atoms with van der Waals surface area (Å²) < 4.78 is 0. The fourth-order valence-corrected chi connectivity index (χ4v) is 3.31. The highest BCUT2D eigenvalue weighted by molar-refractivity contribution is 5.94. The van der Waals surface area contributed by atoms with Gasteiger partial charge in [0.25, 0.3) is 0 Å². The number of hydrogen-bond donors (Lipinski definition) is 9. The van der Waals surface area contributed by atoms with Crippen LogP contribution in [0.25, 0.3) is 0 Å². The summed E-state index contributed by atoms with van der Waals surface area (Å²) in [5.74, 6) is -3.36. The summed E-state index contributed by atoms with van der Waals surface area (Å²) in [4.78, 5) is 53.7. The minimum absolute atomic E-state index is 0.0234. The van der Waals surface area contributed by atoms with Crippen molar-refractivity contribution in [3.8, 4) is 0 Å². The summed E-state index contributed by atoms with van der Waals surface area (Å²) in [6, 6.07) is -4.51. The Kier molecular flexibility index (Phi) is 16.0. The van der Waals surface area contributed by atoms with Crippen molar-refractivity contribution in [1.29, 1.82) is 0 Å². The summed E-state index contributed by atoms with van der Waals surface area (Å²) in [6.45, 7) is 5.65. The second kappa shape index (κ2) is 17.5. The molecule has 0 aromatic carbocycles. The molecular weight excluding hydrogens is 472 g/mol. The third-order valence-electron chi connectivity index (χ3n) is 5.27. The van der Waals surface area contributed by atoms with Crippen LogP contribution in [0, 0.1) is 5.92 Å². The van der Waals surface area contributed by atoms with Crippen molar-refractivity contribution < 1.29 is 29.4 Å². The van der Waals surface area contributed by atoms with Gasteiger partial charge in [0.05, 0.1) is 12.1 Å². The van der Waals surface area contributed by atoms with Gasteiger partial charge < -0.3 is 49.1 Å². The quantitative estimate of drug-likeness (QED) is 0.0523. The van der Waals surface area contributed by atoms with Gasteiger partial charge in [-0.05, 0) is 57.9 Å². The number of aliphatic hydroxyl groups is 1. The van der Waals surface area contributed by atoms with E-state index in [-0.39, 0.29) is 24.7 Å². The lowest BCUT2D eigenvalue weighted by atomic mass is 10.0. The average Bonchev–Trinajstić information content (AvgIpc) is 2.77. The maximum atomic E-state index is 13.1. The number of carboxylic acids is 1. The number of amides is 3. The fraction of sp³-hybridized carbons (Fsp3) is 0.773. The van der Waals surface area contributed by atoms with Gasteiger partial charge in [-0.15, -0.1) is 0 Å². The molecule has 0 aliphatic carbocycles. The molecule has 0 saturated heterocycles. The Bertz CT molecular complexity index is 742. The van der Waals surface area contributed by atoms with Gasteiger partial charge in [-0.3, -0.25) is 19.4 Å². The maximum Gasteiger partial charge on any atom is 0.328 e. The van der Waals surface area contributed by atoms with Gasteiger partial charge in [-0.2, -0.15) is 0 Å². The zero-order valence-electron chi connectivity index (χ0n) is 21.4. The number of nitrogens with two attached hydrogens (primary N) is 4. The van der Waals surface area contributed by atoms with Gasteiger partial charge in [-0.1, -0.05) is 13.8 Å². The van der Waals surface area contributed by atoms with Crippen LogP contribution >= 0.6 is 0 Å². The minimum atomic E-state index is -1.55. The second-order valence-electron chi connectivity index (χ2n) is 9.16. The van der Waals surface area contributed by atoms with E-state index >= 15 is 0 Å². The van der Waals surface area contributed by atoms with Crippen LogP contribution in [0.2, 0.25) is 0 Å². The first-order chi connectivity index (χ1) is 16.8. The summed E-state index contributed by atoms with van der Waals surface area (Å²) in [6.07, 6.45) is 0.939. The SMILES string of the molecule is CC(C)CC(NC(=O)C(N)CCCN=C(N)N)C(=O)NC(CCCCN)C(=O)NC(C(=O)O)C(C)O. The monoisotopic (exact) mass is 516 g/mol. The molecule has 0 fully saturated rings. The van der Waals surface area contributed by atoms with E-state index < -0.39 is 54.0 Å². The molecule has 3 amide bonds. The van der Waals surface area contributed by atoms with Gasteiger partial charge in [0, 0.05) is 6.54 Å². The lowest BCUT2D eigenvalue weighted by Gasteiger charge is -2.26. The molecule has 0 saturated carbocycles. The standard InChI is InChI=1S/C22H44N8O6/c1-12(2)11-16(29-18(32)14(24)7-6-10-27-22(25)26)20(34)28-15(8-4-5-9-23)19(33)30-17(13(3)31)21(35)36/h12-17,31H,4-11,23-24H2,1-3H3,(H,28,34)(H,29,32)(H,30,33)(H,35,36)(H4,25,26,27). The molecule has 0 aliphatic heterocycles. The number of carboxylic acid groups (broad SMARTS) is 1. The molecule has 14 heteroatoms. The molecule has 208 valence electrons. The highest BCUT2D eigenvalue weighted by Crippen LogP contribution is 2.09. The lowest BCUT2D eigenvalue weighted by Crippen LogP contribution is -2.58. The van der Waals surface area contributed by atoms with Crippen molar-refractivity contribution >= 4 is 29.7 Å². The molecule has 0 radical (unpaired) electrons. The van der Waals surface area contributed by atoms with Gasteiger partial charge >= 0.3 is 5.97 Å². The molecule has 13 N–H and O–H groups in total. The summed E-state index contributed by atoms with van der Waals surface area (Å²) >= 11 is 0. The number of rotatable bonds is 18. The van der Waals surface area contributed by atoms with Crippen molar-refractivity contribution in [2.45, 2.75) is 89.6 Å². The number of hydrogen-bond acceptors (Lipinski definition) is 8. The Labute approximate surface area is 212 Å². The summed E-state index contributed by atoms with van der Waals surface area (Å²) in [7, 11) is 0. The summed E-state index contributed by atoms with van der Waals surface area (Å²) in [5.41, 5.74) is 22.0. The van der Waals surface area contributed by atoms with Crippen LogP contribution in [0.5, 0.6) is 0 Å². The molecule has 0 heterocycles. The largest absolute Gasteiger partial charge is 0.480 e. The number of guanidine groups is 1. The molecular formula is C22H44N8O6. The molecule has 0 rings (SSSR count). The topological polar surface area (TPSA) is 261 Å². The second-order valence-corrected chi connectivity index (χ2v) is 9.16. The third kappa shape index (κ3) is 13.8. The number of aliphatic hydroxyl groups excluding tert-OH is 1. The van der Waals surface area contributed by atoms with Crippen LogP contribution in [0.3, 0.4) is 0 Å². The first-order valence-electron chi connectivity index (χ1n) is 12.1. The number of aliphatic imine (C=N–C) groups is 1. The van der Waals surface area contributed by atoms with Crippen molar-refractivity contribution in [1.82, 2.24) is 16.0 Å². The van der Waals surface area contributed by atoms with Crippen molar-refractivity contribution in [2.75, 3.05) is 13.1 Å². The van der Waals surface area contributed by atoms with E-state index in [1.807, 2.05) is 13.8 Å². The zero-order valence-corrected chi connectivity index (χ0v) is 21.4. The van der Waals surface area contributed by atoms with Crippen molar-refractivity contribution in [3.05, 3.63) is 0 Å². The smallest absolute Gasteiger partial charge is 0.328 e. The van der Waals surface area contributed by atoms with Crippen molar-refractivity contribution in [2.24, 2.45) is 33.8 Å². The van der Waals surface area contributed by atoms with E-state index in [2.05, 4.69) is 20.9 Å². The van der Waals surface area contributed by atoms with Crippen LogP contribution in [0.4, 0.5) is 0 Å². The Morgan fingerprint density at radius 1 is 0.861 bits per heavy atom. The Hall–Kier alpha value is -2.97. The maximum absolute atomic E-state index is 13.1. The van der Waals surface area contributed by atoms with Gasteiger partial charge in [0.1, 0.15) is 12.1 Å². The minimum Gasteiger partial charge on any atom is -0.480 e. The van der Waals surface area contributed by atoms with E-state index in [0.29, 0.717) is 38.8 Å². The van der Waals surface area contributed by atoms with Crippen LogP contribution in [-0.4, -0.2) is 83.2 Å². The van der Waals surface area contributed by atoms with Crippen LogP contribution in [-0.2, 0) is 19.2 Å². The third-order valence-corrected chi connectivity index (χ3v) is 5.27. The van der Waals surface area contributed by atoms with Crippen LogP contribution in [0.1, 0.15) is 59.3 Å². The number of aliphatic carboxylic acids is 1. The van der Waals surface area contributed by atoms with E-state index in [9.17, 15) is 29.4 Å². The highest BCUT2D eigenvalue weighted by Gasteiger charge is 2.31. The lowest BCUT2D eigenvalue weighted by molar-refractivity contribution is -0.145. The molecule has 5 unspecified atom stereocenters. The molecule has 0 aliphatic rings. The normalized spacial score (nSPS) is 15.2. The van der Waals surface area contributed by atoms with Crippen molar-refractivity contribution in [3.63, 3.8) is 0 Å². The first-order valence-corrected chi connectivity index (χ1v) is 12.1. The van der Waals surface area contributed by atoms with E-state index in [1.165, 1.54) is 6.92 Å². The highest BCUT2D eigenvalue weighted by atomic mass is 16.4. The number of nitrogens with zero attached hydrogens (tertiary/aromatic N) is 1. The van der Waals surface area contributed by atoms with Gasteiger partial charge in [-0.25, -0.2) is 4.79 Å². The van der Waals surface area contributed by atoms with Gasteiger partial charge in [0.15, 0.2) is 12.0 Å². The Morgan fingerprint density at radius 3 is 1.94 bits per heavy atom. The molecule has 0 aromatic rings. The van der Waals surface area contributed by atoms with Crippen LogP contribution < -0.4 is 38.9 Å². The number of carbonyl (C=O) groups excluding carboxylic acids is 3. The summed E-state index contributed by atoms with van der Waals surface area (Å²) in [5, 5.41) is 26.4.